The van der Waals surface area contributed by atoms with Crippen LogP contribution in [0.2, 0.25) is 0 Å². The smallest absolute Gasteiger partial charge is 0.242 e. The number of rotatable bonds is 6. The van der Waals surface area contributed by atoms with Gasteiger partial charge in [-0.3, -0.25) is 9.59 Å². The fourth-order valence-corrected chi connectivity index (χ4v) is 5.56. The number of carbonyl (C=O) groups excluding carboxylic acids is 2. The molecule has 0 unspecified atom stereocenters. The Morgan fingerprint density at radius 3 is 2.47 bits per heavy atom. The van der Waals surface area contributed by atoms with Crippen LogP contribution in [0.1, 0.15) is 24.0 Å². The summed E-state index contributed by atoms with van der Waals surface area (Å²) in [4.78, 5) is 27.1. The number of anilines is 1. The van der Waals surface area contributed by atoms with Gasteiger partial charge in [-0.05, 0) is 44.4 Å². The molecule has 0 saturated carbocycles. The van der Waals surface area contributed by atoms with E-state index in [1.165, 1.54) is 6.20 Å². The Morgan fingerprint density at radius 2 is 1.75 bits per heavy atom. The number of aromatic nitrogens is 1. The quantitative estimate of drug-likeness (QED) is 0.620. The Labute approximate surface area is 187 Å². The molecule has 1 aliphatic rings. The fourth-order valence-electron chi connectivity index (χ4n) is 4.19. The number of fused-ring (bicyclic) bond motifs is 1. The summed E-state index contributed by atoms with van der Waals surface area (Å²) in [5.41, 5.74) is 3.18. The van der Waals surface area contributed by atoms with Crippen molar-refractivity contribution in [1.82, 2.24) is 9.47 Å². The van der Waals surface area contributed by atoms with E-state index in [0.717, 1.165) is 37.1 Å². The lowest BCUT2D eigenvalue weighted by atomic mass is 10.1. The summed E-state index contributed by atoms with van der Waals surface area (Å²) in [7, 11) is -3.92. The minimum absolute atomic E-state index is 0.0280. The molecule has 1 aliphatic heterocycles. The van der Waals surface area contributed by atoms with Crippen LogP contribution in [0.15, 0.2) is 53.6 Å². The van der Waals surface area contributed by atoms with E-state index in [1.807, 2.05) is 32.0 Å². The van der Waals surface area contributed by atoms with E-state index >= 15 is 0 Å². The highest BCUT2D eigenvalue weighted by Crippen LogP contribution is 2.27. The Morgan fingerprint density at radius 1 is 1.03 bits per heavy atom. The number of benzene rings is 2. The summed E-state index contributed by atoms with van der Waals surface area (Å²) in [6, 6.07) is 12.6. The SMILES string of the molecule is Cc1ccc(NC(=O)CS(=O)(=O)c2cn(CC(=O)N3CCCC3)c3ccccc23)c(C)c1. The summed E-state index contributed by atoms with van der Waals surface area (Å²) in [6.07, 6.45) is 3.47. The molecule has 32 heavy (non-hydrogen) atoms. The molecule has 2 heterocycles. The van der Waals surface area contributed by atoms with E-state index in [2.05, 4.69) is 5.32 Å². The third kappa shape index (κ3) is 4.55. The number of para-hydroxylation sites is 1. The summed E-state index contributed by atoms with van der Waals surface area (Å²) < 4.78 is 28.0. The van der Waals surface area contributed by atoms with Crippen LogP contribution in [0, 0.1) is 13.8 Å². The molecule has 7 nitrogen and oxygen atoms in total. The molecule has 0 radical (unpaired) electrons. The molecule has 1 N–H and O–H groups in total. The number of nitrogens with zero attached hydrogens (tertiary/aromatic N) is 2. The number of aryl methyl sites for hydroxylation is 2. The van der Waals surface area contributed by atoms with Crippen LogP contribution < -0.4 is 5.32 Å². The molecule has 1 aromatic heterocycles. The van der Waals surface area contributed by atoms with Crippen molar-refractivity contribution in [1.29, 1.82) is 0 Å². The number of likely N-dealkylation sites (tertiary alicyclic amines) is 1. The molecule has 0 atom stereocenters. The number of hydrogen-bond donors (Lipinski definition) is 1. The Hall–Kier alpha value is -3.13. The second kappa shape index (κ2) is 8.78. The van der Waals surface area contributed by atoms with Gasteiger partial charge in [-0.1, -0.05) is 35.9 Å². The number of nitrogens with one attached hydrogen (secondary N) is 1. The average Bonchev–Trinajstić information content (AvgIpc) is 3.39. The molecule has 168 valence electrons. The Balaban J connectivity index is 1.58. The van der Waals surface area contributed by atoms with Gasteiger partial charge >= 0.3 is 0 Å². The highest BCUT2D eigenvalue weighted by Gasteiger charge is 2.26. The van der Waals surface area contributed by atoms with Gasteiger partial charge in [-0.15, -0.1) is 0 Å². The lowest BCUT2D eigenvalue weighted by Crippen LogP contribution is -2.30. The van der Waals surface area contributed by atoms with E-state index < -0.39 is 21.5 Å². The molecular weight excluding hydrogens is 426 g/mol. The molecule has 0 spiro atoms. The van der Waals surface area contributed by atoms with Crippen LogP contribution in [-0.4, -0.2) is 48.5 Å². The summed E-state index contributed by atoms with van der Waals surface area (Å²) >= 11 is 0. The maximum Gasteiger partial charge on any atom is 0.242 e. The van der Waals surface area contributed by atoms with Crippen molar-refractivity contribution >= 4 is 38.2 Å². The van der Waals surface area contributed by atoms with Crippen molar-refractivity contribution in [3.8, 4) is 0 Å². The molecule has 1 fully saturated rings. The second-order valence-corrected chi connectivity index (χ2v) is 10.3. The molecule has 0 aliphatic carbocycles. The van der Waals surface area contributed by atoms with Crippen molar-refractivity contribution in [2.75, 3.05) is 24.2 Å². The van der Waals surface area contributed by atoms with Crippen LogP contribution in [0.3, 0.4) is 0 Å². The van der Waals surface area contributed by atoms with Crippen LogP contribution in [0.25, 0.3) is 10.9 Å². The van der Waals surface area contributed by atoms with Gasteiger partial charge in [0.25, 0.3) is 0 Å². The van der Waals surface area contributed by atoms with Gasteiger partial charge in [0.2, 0.25) is 11.8 Å². The average molecular weight is 454 g/mol. The van der Waals surface area contributed by atoms with E-state index in [0.29, 0.717) is 16.6 Å². The van der Waals surface area contributed by atoms with Gasteiger partial charge in [0.1, 0.15) is 12.3 Å². The first-order chi connectivity index (χ1) is 15.2. The van der Waals surface area contributed by atoms with Crippen molar-refractivity contribution in [2.45, 2.75) is 38.1 Å². The van der Waals surface area contributed by atoms with E-state index in [-0.39, 0.29) is 17.3 Å². The minimum atomic E-state index is -3.92. The Kier molecular flexibility index (Phi) is 6.06. The van der Waals surface area contributed by atoms with E-state index in [4.69, 9.17) is 0 Å². The maximum absolute atomic E-state index is 13.2. The van der Waals surface area contributed by atoms with Gasteiger partial charge in [0.05, 0.1) is 4.90 Å². The van der Waals surface area contributed by atoms with Crippen molar-refractivity contribution in [2.24, 2.45) is 0 Å². The monoisotopic (exact) mass is 453 g/mol. The third-order valence-corrected chi connectivity index (χ3v) is 7.47. The van der Waals surface area contributed by atoms with Gasteiger partial charge in [-0.25, -0.2) is 8.42 Å². The first-order valence-corrected chi connectivity index (χ1v) is 12.4. The molecule has 1 saturated heterocycles. The van der Waals surface area contributed by atoms with Crippen LogP contribution in [0.5, 0.6) is 0 Å². The zero-order valence-electron chi connectivity index (χ0n) is 18.3. The van der Waals surface area contributed by atoms with E-state index in [1.54, 1.807) is 33.7 Å². The summed E-state index contributed by atoms with van der Waals surface area (Å²) in [5, 5.41) is 3.22. The molecule has 2 amide bonds. The molecule has 8 heteroatoms. The minimum Gasteiger partial charge on any atom is -0.341 e. The molecule has 0 bridgehead atoms. The predicted molar refractivity (Wildman–Crippen MR) is 124 cm³/mol. The molecule has 3 aromatic rings. The zero-order valence-corrected chi connectivity index (χ0v) is 19.1. The zero-order chi connectivity index (χ0) is 22.9. The van der Waals surface area contributed by atoms with Crippen molar-refractivity contribution in [3.05, 3.63) is 59.8 Å². The predicted octanol–water partition coefficient (Wildman–Crippen LogP) is 3.29. The van der Waals surface area contributed by atoms with Gasteiger partial charge in [-0.2, -0.15) is 0 Å². The van der Waals surface area contributed by atoms with Crippen LogP contribution >= 0.6 is 0 Å². The lowest BCUT2D eigenvalue weighted by molar-refractivity contribution is -0.130. The van der Waals surface area contributed by atoms with E-state index in [9.17, 15) is 18.0 Å². The number of carbonyl (C=O) groups is 2. The fraction of sp³-hybridized carbons (Fsp3) is 0.333. The third-order valence-electron chi connectivity index (χ3n) is 5.83. The largest absolute Gasteiger partial charge is 0.341 e. The van der Waals surface area contributed by atoms with Crippen LogP contribution in [-0.2, 0) is 26.0 Å². The number of hydrogen-bond acceptors (Lipinski definition) is 4. The summed E-state index contributed by atoms with van der Waals surface area (Å²) in [5.74, 6) is -1.30. The maximum atomic E-state index is 13.2. The van der Waals surface area contributed by atoms with Gasteiger partial charge < -0.3 is 14.8 Å². The van der Waals surface area contributed by atoms with Gasteiger partial charge in [0.15, 0.2) is 9.84 Å². The number of amides is 2. The second-order valence-electron chi connectivity index (χ2n) is 8.35. The first kappa shape index (κ1) is 22.1. The first-order valence-electron chi connectivity index (χ1n) is 10.7. The lowest BCUT2D eigenvalue weighted by Gasteiger charge is -2.15. The Bertz CT molecular complexity index is 1290. The molecule has 2 aromatic carbocycles. The van der Waals surface area contributed by atoms with Crippen molar-refractivity contribution < 1.29 is 18.0 Å². The normalized spacial score (nSPS) is 14.1. The van der Waals surface area contributed by atoms with Gasteiger partial charge in [0, 0.05) is 35.9 Å². The highest BCUT2D eigenvalue weighted by molar-refractivity contribution is 7.92. The topological polar surface area (TPSA) is 88.5 Å². The standard InChI is InChI=1S/C24H27N3O4S/c1-17-9-10-20(18(2)13-17)25-23(28)16-32(30,31)22-14-27(21-8-4-3-7-19(21)22)15-24(29)26-11-5-6-12-26/h3-4,7-10,13-14H,5-6,11-12,15-16H2,1-2H3,(H,25,28). The number of sulfone groups is 1. The molecule has 4 rings (SSSR count). The van der Waals surface area contributed by atoms with Crippen LogP contribution in [0.4, 0.5) is 5.69 Å². The molecular formula is C24H27N3O4S. The summed E-state index contributed by atoms with van der Waals surface area (Å²) in [6.45, 7) is 5.36. The van der Waals surface area contributed by atoms with Crippen molar-refractivity contribution in [3.63, 3.8) is 0 Å². The highest BCUT2D eigenvalue weighted by atomic mass is 32.2.